The van der Waals surface area contributed by atoms with Gasteiger partial charge in [-0.15, -0.1) is 0 Å². The van der Waals surface area contributed by atoms with E-state index in [0.717, 1.165) is 25.1 Å². The molecule has 2 fully saturated rings. The Balaban J connectivity index is 1.44. The zero-order chi connectivity index (χ0) is 15.1. The zero-order valence-corrected chi connectivity index (χ0v) is 13.0. The second kappa shape index (κ2) is 5.54. The molecule has 1 aliphatic heterocycles. The summed E-state index contributed by atoms with van der Waals surface area (Å²) in [5.74, 6) is 1.64. The van der Waals surface area contributed by atoms with Crippen LogP contribution in [0.2, 0.25) is 0 Å². The van der Waals surface area contributed by atoms with Gasteiger partial charge in [0.25, 0.3) is 0 Å². The van der Waals surface area contributed by atoms with Gasteiger partial charge in [-0.05, 0) is 31.6 Å². The van der Waals surface area contributed by atoms with Gasteiger partial charge in [-0.2, -0.15) is 5.10 Å². The number of allylic oxidation sites excluding steroid dienone is 2. The summed E-state index contributed by atoms with van der Waals surface area (Å²) in [7, 11) is 0. The minimum absolute atomic E-state index is 0.0351. The van der Waals surface area contributed by atoms with E-state index in [9.17, 15) is 4.79 Å². The number of carbonyl (C=O) groups excluding carboxylic acids is 1. The Morgan fingerprint density at radius 3 is 3.00 bits per heavy atom. The lowest BCUT2D eigenvalue weighted by Crippen LogP contribution is -2.45. The summed E-state index contributed by atoms with van der Waals surface area (Å²) in [6.07, 6.45) is 10.6. The number of hydrogen-bond acceptors (Lipinski definition) is 3. The maximum absolute atomic E-state index is 12.8. The van der Waals surface area contributed by atoms with Crippen molar-refractivity contribution in [3.05, 3.63) is 30.1 Å². The van der Waals surface area contributed by atoms with E-state index in [-0.39, 0.29) is 12.0 Å². The van der Waals surface area contributed by atoms with Gasteiger partial charge in [0.2, 0.25) is 5.91 Å². The summed E-state index contributed by atoms with van der Waals surface area (Å²) >= 11 is 0. The molecule has 0 unspecified atom stereocenters. The fraction of sp³-hybridized carbons (Fsp3) is 0.647. The highest BCUT2D eigenvalue weighted by Gasteiger charge is 2.42. The van der Waals surface area contributed by atoms with E-state index in [1.54, 1.807) is 0 Å². The molecule has 22 heavy (non-hydrogen) atoms. The van der Waals surface area contributed by atoms with Gasteiger partial charge in [-0.3, -0.25) is 9.48 Å². The van der Waals surface area contributed by atoms with Crippen LogP contribution in [0.25, 0.3) is 0 Å². The summed E-state index contributed by atoms with van der Waals surface area (Å²) in [5, 5.41) is 4.31. The third-order valence-corrected chi connectivity index (χ3v) is 5.32. The summed E-state index contributed by atoms with van der Waals surface area (Å²) in [6.45, 7) is 4.91. The van der Waals surface area contributed by atoms with Crippen molar-refractivity contribution in [2.75, 3.05) is 19.7 Å². The second-order valence-electron chi connectivity index (χ2n) is 6.66. The molecule has 0 radical (unpaired) electrons. The third kappa shape index (κ3) is 2.37. The number of carbonyl (C=O) groups is 1. The molecule has 1 amide bonds. The molecule has 1 aromatic rings. The first-order valence-corrected chi connectivity index (χ1v) is 8.35. The molecule has 4 atom stereocenters. The number of ether oxygens (including phenoxy) is 1. The first-order valence-electron chi connectivity index (χ1n) is 8.35. The zero-order valence-electron chi connectivity index (χ0n) is 13.0. The number of aromatic nitrogens is 2. The molecule has 4 rings (SSSR count). The van der Waals surface area contributed by atoms with E-state index < -0.39 is 0 Å². The van der Waals surface area contributed by atoms with Crippen molar-refractivity contribution in [2.45, 2.75) is 32.4 Å². The fourth-order valence-corrected chi connectivity index (χ4v) is 4.07. The van der Waals surface area contributed by atoms with Gasteiger partial charge >= 0.3 is 0 Å². The Morgan fingerprint density at radius 2 is 2.32 bits per heavy atom. The highest BCUT2D eigenvalue weighted by atomic mass is 16.5. The van der Waals surface area contributed by atoms with Crippen molar-refractivity contribution < 1.29 is 9.53 Å². The predicted molar refractivity (Wildman–Crippen MR) is 82.0 cm³/mol. The van der Waals surface area contributed by atoms with Crippen molar-refractivity contribution in [2.24, 2.45) is 17.8 Å². The molecule has 0 aromatic carbocycles. The van der Waals surface area contributed by atoms with Gasteiger partial charge in [0.05, 0.1) is 19.3 Å². The van der Waals surface area contributed by atoms with Gasteiger partial charge in [-0.1, -0.05) is 12.2 Å². The normalized spacial score (nSPS) is 33.6. The highest BCUT2D eigenvalue weighted by molar-refractivity contribution is 5.80. The number of amides is 1. The number of nitrogens with zero attached hydrogens (tertiary/aromatic N) is 3. The summed E-state index contributed by atoms with van der Waals surface area (Å²) in [5.41, 5.74) is 1.08. The van der Waals surface area contributed by atoms with Crippen molar-refractivity contribution >= 4 is 5.91 Å². The Kier molecular flexibility index (Phi) is 3.53. The number of aryl methyl sites for hydroxylation is 1. The molecular weight excluding hydrogens is 278 g/mol. The molecule has 5 nitrogen and oxygen atoms in total. The molecule has 3 aliphatic rings. The van der Waals surface area contributed by atoms with Crippen molar-refractivity contribution in [1.29, 1.82) is 0 Å². The molecular formula is C17H23N3O2. The average Bonchev–Trinajstić information content (AvgIpc) is 3.30. The monoisotopic (exact) mass is 301 g/mol. The Hall–Kier alpha value is -1.62. The van der Waals surface area contributed by atoms with E-state index in [0.29, 0.717) is 30.9 Å². The van der Waals surface area contributed by atoms with Crippen LogP contribution in [-0.2, 0) is 16.1 Å². The van der Waals surface area contributed by atoms with Crippen molar-refractivity contribution in [3.8, 4) is 0 Å². The van der Waals surface area contributed by atoms with Crippen LogP contribution in [0.4, 0.5) is 0 Å². The Bertz CT molecular complexity index is 594. The van der Waals surface area contributed by atoms with Crippen LogP contribution >= 0.6 is 0 Å². The molecule has 1 saturated heterocycles. The molecule has 0 N–H and O–H groups in total. The first-order chi connectivity index (χ1) is 10.7. The van der Waals surface area contributed by atoms with Gasteiger partial charge < -0.3 is 9.64 Å². The van der Waals surface area contributed by atoms with E-state index in [2.05, 4.69) is 24.2 Å². The molecule has 1 saturated carbocycles. The van der Waals surface area contributed by atoms with Crippen LogP contribution in [0.15, 0.2) is 24.5 Å². The molecule has 2 bridgehead atoms. The third-order valence-electron chi connectivity index (χ3n) is 5.32. The fourth-order valence-electron chi connectivity index (χ4n) is 4.07. The molecule has 2 heterocycles. The minimum Gasteiger partial charge on any atom is -0.370 e. The van der Waals surface area contributed by atoms with Crippen LogP contribution in [0.5, 0.6) is 0 Å². The van der Waals surface area contributed by atoms with Crippen LogP contribution < -0.4 is 0 Å². The van der Waals surface area contributed by atoms with Crippen LogP contribution in [0, 0.1) is 17.8 Å². The lowest BCUT2D eigenvalue weighted by molar-refractivity contribution is -0.144. The van der Waals surface area contributed by atoms with Crippen LogP contribution in [0.1, 0.15) is 31.4 Å². The standard InChI is InChI=1S/C17H23N3O2/c1-2-20-10-14(9-18-20)16-11-19(5-6-22-16)17(21)15-8-12-3-4-13(15)7-12/h3-4,9-10,12-13,15-16H,2,5-8,11H2,1H3/t12-,13-,15+,16+/m0/s1. The molecule has 1 aromatic heterocycles. The SMILES string of the molecule is CCn1cc([C@H]2CN(C(=O)[C@@H]3C[C@H]4C=C[C@H]3C4)CCO2)cn1. The Labute approximate surface area is 130 Å². The van der Waals surface area contributed by atoms with Gasteiger partial charge in [0.1, 0.15) is 6.10 Å². The first kappa shape index (κ1) is 14.0. The minimum atomic E-state index is -0.0351. The van der Waals surface area contributed by atoms with E-state index in [4.69, 9.17) is 4.74 Å². The lowest BCUT2D eigenvalue weighted by Gasteiger charge is -2.35. The van der Waals surface area contributed by atoms with Gasteiger partial charge in [-0.25, -0.2) is 0 Å². The summed E-state index contributed by atoms with van der Waals surface area (Å²) < 4.78 is 7.77. The van der Waals surface area contributed by atoms with E-state index in [1.165, 1.54) is 6.42 Å². The van der Waals surface area contributed by atoms with E-state index >= 15 is 0 Å². The van der Waals surface area contributed by atoms with Crippen molar-refractivity contribution in [1.82, 2.24) is 14.7 Å². The maximum Gasteiger partial charge on any atom is 0.226 e. The highest BCUT2D eigenvalue weighted by Crippen LogP contribution is 2.44. The summed E-state index contributed by atoms with van der Waals surface area (Å²) in [4.78, 5) is 14.9. The number of rotatable bonds is 3. The number of fused-ring (bicyclic) bond motifs is 2. The van der Waals surface area contributed by atoms with Gasteiger partial charge in [0.15, 0.2) is 0 Å². The quantitative estimate of drug-likeness (QED) is 0.803. The number of hydrogen-bond donors (Lipinski definition) is 0. The molecule has 0 spiro atoms. The molecule has 5 heteroatoms. The molecule has 118 valence electrons. The number of morpholine rings is 1. The summed E-state index contributed by atoms with van der Waals surface area (Å²) in [6, 6.07) is 0. The van der Waals surface area contributed by atoms with Crippen LogP contribution in [0.3, 0.4) is 0 Å². The van der Waals surface area contributed by atoms with Crippen LogP contribution in [-0.4, -0.2) is 40.3 Å². The Morgan fingerprint density at radius 1 is 1.41 bits per heavy atom. The van der Waals surface area contributed by atoms with E-state index in [1.807, 2.05) is 22.0 Å². The largest absolute Gasteiger partial charge is 0.370 e. The van der Waals surface area contributed by atoms with Crippen molar-refractivity contribution in [3.63, 3.8) is 0 Å². The topological polar surface area (TPSA) is 47.4 Å². The second-order valence-corrected chi connectivity index (χ2v) is 6.66. The predicted octanol–water partition coefficient (Wildman–Crippen LogP) is 2.02. The lowest BCUT2D eigenvalue weighted by atomic mass is 9.92. The average molecular weight is 301 g/mol. The van der Waals surface area contributed by atoms with Gasteiger partial charge in [0, 0.05) is 30.8 Å². The smallest absolute Gasteiger partial charge is 0.226 e. The molecule has 2 aliphatic carbocycles. The maximum atomic E-state index is 12.8.